The van der Waals surface area contributed by atoms with Crippen LogP contribution in [0.2, 0.25) is 0 Å². The Bertz CT molecular complexity index is 409. The molecule has 106 valence electrons. The lowest BCUT2D eigenvalue weighted by Gasteiger charge is -2.14. The number of halogens is 3. The molecule has 1 aliphatic rings. The zero-order valence-electron chi connectivity index (χ0n) is 10.4. The molecule has 1 fully saturated rings. The third-order valence-electron chi connectivity index (χ3n) is 2.97. The summed E-state index contributed by atoms with van der Waals surface area (Å²) in [7, 11) is 0. The molecule has 0 amide bonds. The van der Waals surface area contributed by atoms with E-state index in [9.17, 15) is 13.2 Å². The molecule has 0 aliphatic carbocycles. The number of hydrogen-bond donors (Lipinski definition) is 1. The van der Waals surface area contributed by atoms with Gasteiger partial charge in [0, 0.05) is 19.2 Å². The molecule has 0 bridgehead atoms. The smallest absolute Gasteiger partial charge is 0.387 e. The molecule has 0 aromatic heterocycles. The highest BCUT2D eigenvalue weighted by molar-refractivity contribution is 5.56. The molecular formula is C13H16F3NO2. The maximum absolute atomic E-state index is 13.0. The van der Waals surface area contributed by atoms with Crippen molar-refractivity contribution in [3.63, 3.8) is 0 Å². The van der Waals surface area contributed by atoms with E-state index in [1.165, 1.54) is 12.1 Å². The lowest BCUT2D eigenvalue weighted by molar-refractivity contribution is -0.0495. The summed E-state index contributed by atoms with van der Waals surface area (Å²) in [6, 6.07) is 3.54. The van der Waals surface area contributed by atoms with Gasteiger partial charge < -0.3 is 14.8 Å². The van der Waals surface area contributed by atoms with Gasteiger partial charge >= 0.3 is 6.61 Å². The first kappa shape index (κ1) is 14.0. The molecule has 2 rings (SSSR count). The van der Waals surface area contributed by atoms with E-state index in [2.05, 4.69) is 10.1 Å². The molecule has 1 N–H and O–H groups in total. The van der Waals surface area contributed by atoms with Crippen LogP contribution in [0, 0.1) is 5.82 Å². The van der Waals surface area contributed by atoms with Crippen LogP contribution in [0.25, 0.3) is 0 Å². The van der Waals surface area contributed by atoms with E-state index in [1.807, 2.05) is 0 Å². The highest BCUT2D eigenvalue weighted by Gasteiger charge is 2.15. The second kappa shape index (κ2) is 6.65. The summed E-state index contributed by atoms with van der Waals surface area (Å²) >= 11 is 0. The summed E-state index contributed by atoms with van der Waals surface area (Å²) in [5.74, 6) is -0.789. The van der Waals surface area contributed by atoms with Crippen molar-refractivity contribution < 1.29 is 22.6 Å². The molecule has 0 spiro atoms. The molecule has 1 heterocycles. The molecule has 0 saturated carbocycles. The third-order valence-corrected chi connectivity index (χ3v) is 2.97. The molecule has 1 atom stereocenters. The highest BCUT2D eigenvalue weighted by Crippen LogP contribution is 2.27. The maximum Gasteiger partial charge on any atom is 0.387 e. The monoisotopic (exact) mass is 275 g/mol. The van der Waals surface area contributed by atoms with Crippen molar-refractivity contribution in [1.29, 1.82) is 0 Å². The van der Waals surface area contributed by atoms with Crippen molar-refractivity contribution in [3.8, 4) is 5.75 Å². The molecular weight excluding hydrogens is 259 g/mol. The van der Waals surface area contributed by atoms with E-state index in [0.717, 1.165) is 31.9 Å². The summed E-state index contributed by atoms with van der Waals surface area (Å²) in [6.45, 7) is -1.63. The van der Waals surface area contributed by atoms with Gasteiger partial charge in [-0.1, -0.05) is 0 Å². The van der Waals surface area contributed by atoms with Gasteiger partial charge in [0.1, 0.15) is 5.82 Å². The Balaban J connectivity index is 1.90. The van der Waals surface area contributed by atoms with Gasteiger partial charge in [0.2, 0.25) is 0 Å². The minimum absolute atomic E-state index is 0.178. The first-order valence-corrected chi connectivity index (χ1v) is 6.25. The van der Waals surface area contributed by atoms with Crippen molar-refractivity contribution in [2.24, 2.45) is 0 Å². The Morgan fingerprint density at radius 3 is 2.95 bits per heavy atom. The minimum atomic E-state index is -2.97. The van der Waals surface area contributed by atoms with E-state index in [1.54, 1.807) is 0 Å². The van der Waals surface area contributed by atoms with Crippen LogP contribution in [0.5, 0.6) is 5.75 Å². The van der Waals surface area contributed by atoms with Crippen LogP contribution in [0.4, 0.5) is 18.9 Å². The fourth-order valence-electron chi connectivity index (χ4n) is 2.08. The number of alkyl halides is 2. The van der Waals surface area contributed by atoms with E-state index in [0.29, 0.717) is 12.2 Å². The summed E-state index contributed by atoms with van der Waals surface area (Å²) in [4.78, 5) is 0. The topological polar surface area (TPSA) is 30.5 Å². The average molecular weight is 275 g/mol. The summed E-state index contributed by atoms with van der Waals surface area (Å²) in [5.41, 5.74) is 0.361. The van der Waals surface area contributed by atoms with Crippen molar-refractivity contribution in [1.82, 2.24) is 0 Å². The molecule has 0 radical (unpaired) electrons. The number of rotatable bonds is 6. The standard InChI is InChI=1S/C13H16F3NO2/c14-9-3-4-11(12(8-9)19-13(15)16)17-6-5-10-2-1-7-18-10/h3-4,8,10,13,17H,1-2,5-7H2. The Labute approximate surface area is 109 Å². The van der Waals surface area contributed by atoms with Gasteiger partial charge in [0.25, 0.3) is 0 Å². The zero-order valence-corrected chi connectivity index (χ0v) is 10.4. The minimum Gasteiger partial charge on any atom is -0.433 e. The molecule has 19 heavy (non-hydrogen) atoms. The molecule has 6 heteroatoms. The first-order chi connectivity index (χ1) is 9.15. The van der Waals surface area contributed by atoms with E-state index < -0.39 is 12.4 Å². The van der Waals surface area contributed by atoms with E-state index >= 15 is 0 Å². The van der Waals surface area contributed by atoms with Crippen molar-refractivity contribution in [2.45, 2.75) is 32.0 Å². The average Bonchev–Trinajstić information content (AvgIpc) is 2.84. The largest absolute Gasteiger partial charge is 0.433 e. The van der Waals surface area contributed by atoms with Crippen molar-refractivity contribution >= 4 is 5.69 Å². The SMILES string of the molecule is Fc1ccc(NCCC2CCCO2)c(OC(F)F)c1. The Morgan fingerprint density at radius 2 is 2.26 bits per heavy atom. The van der Waals surface area contributed by atoms with E-state index in [4.69, 9.17) is 4.74 Å². The summed E-state index contributed by atoms with van der Waals surface area (Å²) in [5, 5.41) is 2.97. The molecule has 1 aliphatic heterocycles. The lowest BCUT2D eigenvalue weighted by atomic mass is 10.2. The van der Waals surface area contributed by atoms with Gasteiger partial charge in [-0.15, -0.1) is 0 Å². The van der Waals surface area contributed by atoms with Crippen LogP contribution in [-0.2, 0) is 4.74 Å². The second-order valence-electron chi connectivity index (χ2n) is 4.37. The van der Waals surface area contributed by atoms with Gasteiger partial charge in [0.15, 0.2) is 5.75 Å². The fourth-order valence-corrected chi connectivity index (χ4v) is 2.08. The number of hydrogen-bond acceptors (Lipinski definition) is 3. The quantitative estimate of drug-likeness (QED) is 0.863. The van der Waals surface area contributed by atoms with Crippen molar-refractivity contribution in [2.75, 3.05) is 18.5 Å². The first-order valence-electron chi connectivity index (χ1n) is 6.25. The molecule has 1 aromatic carbocycles. The van der Waals surface area contributed by atoms with Crippen LogP contribution in [-0.4, -0.2) is 25.9 Å². The number of anilines is 1. The zero-order chi connectivity index (χ0) is 13.7. The maximum atomic E-state index is 13.0. The van der Waals surface area contributed by atoms with Gasteiger partial charge in [-0.2, -0.15) is 8.78 Å². The Morgan fingerprint density at radius 1 is 1.42 bits per heavy atom. The van der Waals surface area contributed by atoms with Gasteiger partial charge in [-0.05, 0) is 31.4 Å². The predicted octanol–water partition coefficient (Wildman–Crippen LogP) is 3.41. The normalized spacial score (nSPS) is 18.8. The van der Waals surface area contributed by atoms with Gasteiger partial charge in [-0.3, -0.25) is 0 Å². The Hall–Kier alpha value is -1.43. The summed E-state index contributed by atoms with van der Waals surface area (Å²) < 4.78 is 47.1. The molecule has 3 nitrogen and oxygen atoms in total. The number of nitrogens with one attached hydrogen (secondary N) is 1. The summed E-state index contributed by atoms with van der Waals surface area (Å²) in [6.07, 6.45) is 3.07. The lowest BCUT2D eigenvalue weighted by Crippen LogP contribution is -2.13. The van der Waals surface area contributed by atoms with Crippen LogP contribution in [0.1, 0.15) is 19.3 Å². The number of ether oxygens (including phenoxy) is 2. The van der Waals surface area contributed by atoms with Crippen LogP contribution >= 0.6 is 0 Å². The third kappa shape index (κ3) is 4.31. The van der Waals surface area contributed by atoms with Crippen LogP contribution < -0.4 is 10.1 Å². The van der Waals surface area contributed by atoms with Crippen molar-refractivity contribution in [3.05, 3.63) is 24.0 Å². The fraction of sp³-hybridized carbons (Fsp3) is 0.538. The molecule has 1 aromatic rings. The predicted molar refractivity (Wildman–Crippen MR) is 65.1 cm³/mol. The van der Waals surface area contributed by atoms with Crippen LogP contribution in [0.15, 0.2) is 18.2 Å². The number of benzene rings is 1. The van der Waals surface area contributed by atoms with E-state index in [-0.39, 0.29) is 11.9 Å². The molecule has 1 saturated heterocycles. The second-order valence-corrected chi connectivity index (χ2v) is 4.37. The Kier molecular flexibility index (Phi) is 4.90. The van der Waals surface area contributed by atoms with Crippen LogP contribution in [0.3, 0.4) is 0 Å². The molecule has 1 unspecified atom stereocenters. The van der Waals surface area contributed by atoms with Gasteiger partial charge in [-0.25, -0.2) is 4.39 Å². The van der Waals surface area contributed by atoms with Gasteiger partial charge in [0.05, 0.1) is 11.8 Å². The highest BCUT2D eigenvalue weighted by atomic mass is 19.3.